The summed E-state index contributed by atoms with van der Waals surface area (Å²) < 4.78 is 5.68. The standard InChI is InChI=1S/C21H21ClN4O/c22-16-8-10-17(11-9-16)24-20-13-19(15-5-2-1-3-6-15)25-21(26-20)23-14-18-7-4-12-27-18/h1-3,5-6,8-11,13,18H,4,7,12,14H2,(H2,23,24,25,26). The molecule has 2 heterocycles. The van der Waals surface area contributed by atoms with Crippen LogP contribution in [0.4, 0.5) is 17.5 Å². The highest BCUT2D eigenvalue weighted by Gasteiger charge is 2.16. The number of hydrogen-bond donors (Lipinski definition) is 2. The molecule has 1 aliphatic rings. The maximum Gasteiger partial charge on any atom is 0.225 e. The summed E-state index contributed by atoms with van der Waals surface area (Å²) >= 11 is 5.97. The average Bonchev–Trinajstić information content (AvgIpc) is 3.22. The minimum absolute atomic E-state index is 0.224. The van der Waals surface area contributed by atoms with Gasteiger partial charge in [-0.3, -0.25) is 0 Å². The fourth-order valence-electron chi connectivity index (χ4n) is 3.04. The first-order chi connectivity index (χ1) is 13.3. The van der Waals surface area contributed by atoms with E-state index in [4.69, 9.17) is 16.3 Å². The highest BCUT2D eigenvalue weighted by Crippen LogP contribution is 2.24. The molecule has 4 rings (SSSR count). The van der Waals surface area contributed by atoms with Gasteiger partial charge in [0.25, 0.3) is 0 Å². The average molecular weight is 381 g/mol. The predicted molar refractivity (Wildman–Crippen MR) is 110 cm³/mol. The Balaban J connectivity index is 1.60. The number of ether oxygens (including phenoxy) is 1. The highest BCUT2D eigenvalue weighted by molar-refractivity contribution is 6.30. The van der Waals surface area contributed by atoms with Crippen molar-refractivity contribution >= 4 is 29.1 Å². The molecule has 27 heavy (non-hydrogen) atoms. The maximum atomic E-state index is 5.97. The molecule has 0 spiro atoms. The van der Waals surface area contributed by atoms with Crippen LogP contribution in [0.3, 0.4) is 0 Å². The first-order valence-corrected chi connectivity index (χ1v) is 9.47. The maximum absolute atomic E-state index is 5.97. The van der Waals surface area contributed by atoms with E-state index >= 15 is 0 Å². The van der Waals surface area contributed by atoms with Crippen molar-refractivity contribution in [1.29, 1.82) is 0 Å². The Labute approximate surface area is 163 Å². The Hall–Kier alpha value is -2.63. The molecular weight excluding hydrogens is 360 g/mol. The second-order valence-electron chi connectivity index (χ2n) is 6.48. The SMILES string of the molecule is Clc1ccc(Nc2cc(-c3ccccc3)nc(NCC3CCCO3)n2)cc1. The molecule has 1 atom stereocenters. The van der Waals surface area contributed by atoms with E-state index in [1.807, 2.05) is 60.7 Å². The third-order valence-corrected chi connectivity index (χ3v) is 4.68. The highest BCUT2D eigenvalue weighted by atomic mass is 35.5. The Kier molecular flexibility index (Phi) is 5.51. The van der Waals surface area contributed by atoms with Gasteiger partial charge in [-0.05, 0) is 37.1 Å². The molecule has 1 fully saturated rings. The lowest BCUT2D eigenvalue weighted by Crippen LogP contribution is -2.20. The molecule has 6 heteroatoms. The van der Waals surface area contributed by atoms with E-state index in [1.165, 1.54) is 0 Å². The molecule has 1 saturated heterocycles. The van der Waals surface area contributed by atoms with Crippen LogP contribution >= 0.6 is 11.6 Å². The number of halogens is 1. The first-order valence-electron chi connectivity index (χ1n) is 9.09. The lowest BCUT2D eigenvalue weighted by atomic mass is 10.1. The molecule has 0 aliphatic carbocycles. The van der Waals surface area contributed by atoms with Gasteiger partial charge in [0, 0.05) is 35.5 Å². The Morgan fingerprint density at radius 3 is 2.59 bits per heavy atom. The topological polar surface area (TPSA) is 59.1 Å². The molecule has 1 aromatic heterocycles. The van der Waals surface area contributed by atoms with Crippen molar-refractivity contribution in [3.8, 4) is 11.3 Å². The van der Waals surface area contributed by atoms with Gasteiger partial charge >= 0.3 is 0 Å². The zero-order valence-corrected chi connectivity index (χ0v) is 15.6. The van der Waals surface area contributed by atoms with Gasteiger partial charge < -0.3 is 15.4 Å². The van der Waals surface area contributed by atoms with E-state index < -0.39 is 0 Å². The van der Waals surface area contributed by atoms with Crippen LogP contribution in [0.15, 0.2) is 60.7 Å². The van der Waals surface area contributed by atoms with E-state index in [0.29, 0.717) is 17.5 Å². The Bertz CT molecular complexity index is 880. The lowest BCUT2D eigenvalue weighted by molar-refractivity contribution is 0.120. The fraction of sp³-hybridized carbons (Fsp3) is 0.238. The van der Waals surface area contributed by atoms with E-state index in [1.54, 1.807) is 0 Å². The summed E-state index contributed by atoms with van der Waals surface area (Å²) in [7, 11) is 0. The fourth-order valence-corrected chi connectivity index (χ4v) is 3.16. The normalized spacial score (nSPS) is 16.3. The third kappa shape index (κ3) is 4.76. The number of anilines is 3. The van der Waals surface area contributed by atoms with Crippen LogP contribution in [0.1, 0.15) is 12.8 Å². The Morgan fingerprint density at radius 1 is 1.04 bits per heavy atom. The smallest absolute Gasteiger partial charge is 0.225 e. The van der Waals surface area contributed by atoms with E-state index in [9.17, 15) is 0 Å². The van der Waals surface area contributed by atoms with Crippen LogP contribution in [0.5, 0.6) is 0 Å². The summed E-state index contributed by atoms with van der Waals surface area (Å²) in [5, 5.41) is 7.35. The first kappa shape index (κ1) is 17.8. The number of nitrogens with one attached hydrogen (secondary N) is 2. The molecule has 5 nitrogen and oxygen atoms in total. The number of hydrogen-bond acceptors (Lipinski definition) is 5. The molecule has 0 bridgehead atoms. The zero-order valence-electron chi connectivity index (χ0n) is 14.9. The van der Waals surface area contributed by atoms with Gasteiger partial charge in [0.2, 0.25) is 5.95 Å². The van der Waals surface area contributed by atoms with Gasteiger partial charge in [0.05, 0.1) is 11.8 Å². The molecule has 0 saturated carbocycles. The van der Waals surface area contributed by atoms with Crippen molar-refractivity contribution in [3.63, 3.8) is 0 Å². The van der Waals surface area contributed by atoms with Crippen molar-refractivity contribution < 1.29 is 4.74 Å². The minimum atomic E-state index is 0.224. The van der Waals surface area contributed by atoms with Gasteiger partial charge in [0.1, 0.15) is 5.82 Å². The zero-order chi connectivity index (χ0) is 18.5. The van der Waals surface area contributed by atoms with Crippen LogP contribution in [0.25, 0.3) is 11.3 Å². The van der Waals surface area contributed by atoms with Gasteiger partial charge in [-0.15, -0.1) is 0 Å². The third-order valence-electron chi connectivity index (χ3n) is 4.42. The van der Waals surface area contributed by atoms with Crippen LogP contribution in [-0.2, 0) is 4.74 Å². The summed E-state index contributed by atoms with van der Waals surface area (Å²) in [5.41, 5.74) is 2.82. The minimum Gasteiger partial charge on any atom is -0.376 e. The van der Waals surface area contributed by atoms with Crippen LogP contribution < -0.4 is 10.6 Å². The molecule has 138 valence electrons. The number of nitrogens with zero attached hydrogens (tertiary/aromatic N) is 2. The van der Waals surface area contributed by atoms with Crippen LogP contribution in [-0.4, -0.2) is 29.2 Å². The number of aromatic nitrogens is 2. The predicted octanol–water partition coefficient (Wildman–Crippen LogP) is 5.13. The quantitative estimate of drug-likeness (QED) is 0.620. The van der Waals surface area contributed by atoms with Crippen molar-refractivity contribution in [1.82, 2.24) is 9.97 Å². The molecule has 2 aromatic carbocycles. The molecule has 2 N–H and O–H groups in total. The molecule has 3 aromatic rings. The molecule has 0 amide bonds. The summed E-state index contributed by atoms with van der Waals surface area (Å²) in [6.07, 6.45) is 2.41. The van der Waals surface area contributed by atoms with Gasteiger partial charge in [0.15, 0.2) is 0 Å². The largest absolute Gasteiger partial charge is 0.376 e. The van der Waals surface area contributed by atoms with Crippen molar-refractivity contribution in [2.24, 2.45) is 0 Å². The molecule has 1 unspecified atom stereocenters. The van der Waals surface area contributed by atoms with Crippen LogP contribution in [0.2, 0.25) is 5.02 Å². The van der Waals surface area contributed by atoms with Crippen molar-refractivity contribution in [2.75, 3.05) is 23.8 Å². The van der Waals surface area contributed by atoms with Gasteiger partial charge in [-0.2, -0.15) is 4.98 Å². The van der Waals surface area contributed by atoms with E-state index in [0.717, 1.165) is 42.2 Å². The van der Waals surface area contributed by atoms with Crippen molar-refractivity contribution in [3.05, 3.63) is 65.7 Å². The molecule has 0 radical (unpaired) electrons. The van der Waals surface area contributed by atoms with E-state index in [2.05, 4.69) is 20.6 Å². The summed E-state index contributed by atoms with van der Waals surface area (Å²) in [5.74, 6) is 1.31. The van der Waals surface area contributed by atoms with E-state index in [-0.39, 0.29) is 6.10 Å². The number of benzene rings is 2. The van der Waals surface area contributed by atoms with Gasteiger partial charge in [-0.25, -0.2) is 4.98 Å². The van der Waals surface area contributed by atoms with Crippen molar-refractivity contribution in [2.45, 2.75) is 18.9 Å². The number of rotatable bonds is 6. The second kappa shape index (κ2) is 8.37. The Morgan fingerprint density at radius 2 is 1.85 bits per heavy atom. The summed E-state index contributed by atoms with van der Waals surface area (Å²) in [4.78, 5) is 9.30. The summed E-state index contributed by atoms with van der Waals surface area (Å²) in [6.45, 7) is 1.54. The second-order valence-corrected chi connectivity index (χ2v) is 6.91. The lowest BCUT2D eigenvalue weighted by Gasteiger charge is -2.14. The monoisotopic (exact) mass is 380 g/mol. The van der Waals surface area contributed by atoms with Gasteiger partial charge in [-0.1, -0.05) is 41.9 Å². The van der Waals surface area contributed by atoms with Crippen LogP contribution in [0, 0.1) is 0 Å². The summed E-state index contributed by atoms with van der Waals surface area (Å²) in [6, 6.07) is 19.6. The molecular formula is C21H21ClN4O. The molecule has 1 aliphatic heterocycles.